The first kappa shape index (κ1) is 31.0. The van der Waals surface area contributed by atoms with E-state index in [1.807, 2.05) is 6.08 Å². The second-order valence-electron chi connectivity index (χ2n) is 7.46. The molecule has 3 fully saturated rings. The third-order valence-corrected chi connectivity index (χ3v) is 4.75. The van der Waals surface area contributed by atoms with Crippen LogP contribution in [0.5, 0.6) is 0 Å². The van der Waals surface area contributed by atoms with E-state index < -0.39 is 0 Å². The topological polar surface area (TPSA) is 160 Å². The van der Waals surface area contributed by atoms with Gasteiger partial charge < -0.3 is 44.2 Å². The number of halogens is 2. The van der Waals surface area contributed by atoms with Gasteiger partial charge in [-0.25, -0.2) is 0 Å². The summed E-state index contributed by atoms with van der Waals surface area (Å²) >= 11 is -0.226. The molecule has 0 atom stereocenters. The SMILES string of the molecule is NC1=CC[N-]C=C1.NC1CC[N-]CC1.NC1CC[N-]CC1.NC1CC[N-]CC1.[Cl][Rh][Cl]. The van der Waals surface area contributed by atoms with Gasteiger partial charge in [0.15, 0.2) is 0 Å². The number of nitrogens with zero attached hydrogens (tertiary/aromatic N) is 4. The summed E-state index contributed by atoms with van der Waals surface area (Å²) < 4.78 is 0. The Morgan fingerprint density at radius 3 is 1.16 bits per heavy atom. The summed E-state index contributed by atoms with van der Waals surface area (Å²) in [5.74, 6) is 0. The Morgan fingerprint density at radius 2 is 1.03 bits per heavy atom. The van der Waals surface area contributed by atoms with E-state index in [9.17, 15) is 0 Å². The average molecular weight is 566 g/mol. The van der Waals surface area contributed by atoms with Crippen molar-refractivity contribution in [3.05, 3.63) is 45.3 Å². The first-order chi connectivity index (χ1) is 15.0. The Morgan fingerprint density at radius 1 is 0.710 bits per heavy atom. The molecular formula is C20H40Cl2N8Rh-4. The summed E-state index contributed by atoms with van der Waals surface area (Å²) in [5, 5.41) is 16.3. The Kier molecular flexibility index (Phi) is 23.2. The van der Waals surface area contributed by atoms with Crippen LogP contribution in [0.4, 0.5) is 0 Å². The van der Waals surface area contributed by atoms with Gasteiger partial charge in [-0.15, -0.1) is 45.8 Å². The Hall–Kier alpha value is 0.0434. The van der Waals surface area contributed by atoms with E-state index in [2.05, 4.69) is 21.3 Å². The van der Waals surface area contributed by atoms with E-state index >= 15 is 0 Å². The molecule has 8 N–H and O–H groups in total. The number of nitrogens with two attached hydrogens (primary N) is 4. The average Bonchev–Trinajstić information content (AvgIpc) is 2.78. The van der Waals surface area contributed by atoms with E-state index in [0.29, 0.717) is 18.1 Å². The van der Waals surface area contributed by atoms with Gasteiger partial charge in [-0.1, -0.05) is 50.7 Å². The first-order valence-electron chi connectivity index (χ1n) is 10.8. The predicted molar refractivity (Wildman–Crippen MR) is 132 cm³/mol. The fourth-order valence-electron chi connectivity index (χ4n) is 2.74. The fraction of sp³-hybridized carbons (Fsp3) is 0.800. The van der Waals surface area contributed by atoms with Crippen molar-refractivity contribution in [2.45, 2.75) is 56.7 Å². The molecule has 4 rings (SSSR count). The molecule has 187 valence electrons. The van der Waals surface area contributed by atoms with Gasteiger partial charge in [0.1, 0.15) is 0 Å². The van der Waals surface area contributed by atoms with Gasteiger partial charge >= 0.3 is 34.5 Å². The summed E-state index contributed by atoms with van der Waals surface area (Å²) in [4.78, 5) is 0. The minimum atomic E-state index is -0.226. The molecule has 0 spiro atoms. The molecule has 4 heterocycles. The Balaban J connectivity index is 0.000000371. The molecule has 0 radical (unpaired) electrons. The fourth-order valence-corrected chi connectivity index (χ4v) is 2.74. The van der Waals surface area contributed by atoms with Crippen LogP contribution in [0.1, 0.15) is 38.5 Å². The molecule has 0 bridgehead atoms. The number of hydrogen-bond donors (Lipinski definition) is 4. The number of hydrogen-bond acceptors (Lipinski definition) is 4. The zero-order valence-corrected chi connectivity index (χ0v) is 21.5. The molecule has 0 aromatic heterocycles. The van der Waals surface area contributed by atoms with Crippen LogP contribution in [-0.2, 0) is 15.1 Å². The molecular weight excluding hydrogens is 526 g/mol. The molecule has 0 saturated carbocycles. The van der Waals surface area contributed by atoms with E-state index in [1.54, 1.807) is 12.3 Å². The van der Waals surface area contributed by atoms with E-state index in [0.717, 1.165) is 90.0 Å². The minimum absolute atomic E-state index is 0.226. The molecule has 31 heavy (non-hydrogen) atoms. The van der Waals surface area contributed by atoms with Crippen molar-refractivity contribution >= 4 is 19.4 Å². The number of allylic oxidation sites excluding steroid dienone is 1. The van der Waals surface area contributed by atoms with Crippen LogP contribution >= 0.6 is 19.4 Å². The van der Waals surface area contributed by atoms with Crippen LogP contribution in [0.15, 0.2) is 24.0 Å². The predicted octanol–water partition coefficient (Wildman–Crippen LogP) is 3.55. The third kappa shape index (κ3) is 23.0. The molecule has 8 nitrogen and oxygen atoms in total. The van der Waals surface area contributed by atoms with E-state index in [4.69, 9.17) is 42.3 Å². The molecule has 0 aliphatic carbocycles. The normalized spacial score (nSPS) is 21.9. The van der Waals surface area contributed by atoms with Crippen LogP contribution in [-0.4, -0.2) is 63.9 Å². The van der Waals surface area contributed by atoms with Gasteiger partial charge in [0.2, 0.25) is 0 Å². The van der Waals surface area contributed by atoms with Crippen LogP contribution in [0.3, 0.4) is 0 Å². The first-order valence-corrected chi connectivity index (χ1v) is 15.0. The number of piperidine rings is 3. The molecule has 0 amide bonds. The van der Waals surface area contributed by atoms with Crippen molar-refractivity contribution in [2.75, 3.05) is 45.8 Å². The maximum absolute atomic E-state index is 5.57. The standard InChI is InChI=1S/3C5H11N2.C5H7N2.2ClH.Rh/c4*6-5-1-3-7-4-2-5;;;/h3*5H,1-4,6H2;1-3H,4,6H2;2*1H;/q4*-1;;;+2/p-2. The molecule has 4 aliphatic rings. The van der Waals surface area contributed by atoms with Gasteiger partial charge in [-0.05, 0) is 0 Å². The molecule has 4 aliphatic heterocycles. The van der Waals surface area contributed by atoms with Crippen molar-refractivity contribution in [2.24, 2.45) is 22.9 Å². The summed E-state index contributed by atoms with van der Waals surface area (Å²) in [6.45, 7) is 6.66. The maximum atomic E-state index is 5.57. The molecule has 3 saturated heterocycles. The summed E-state index contributed by atoms with van der Waals surface area (Å²) in [6, 6.07) is 1.33. The van der Waals surface area contributed by atoms with Gasteiger partial charge in [0, 0.05) is 23.8 Å². The van der Waals surface area contributed by atoms with Crippen molar-refractivity contribution in [1.29, 1.82) is 0 Å². The quantitative estimate of drug-likeness (QED) is 0.330. The van der Waals surface area contributed by atoms with Crippen LogP contribution in [0, 0.1) is 0 Å². The zero-order chi connectivity index (χ0) is 23.2. The second-order valence-corrected chi connectivity index (χ2v) is 9.95. The van der Waals surface area contributed by atoms with Crippen LogP contribution in [0.2, 0.25) is 0 Å². The van der Waals surface area contributed by atoms with Gasteiger partial charge in [-0.3, -0.25) is 0 Å². The Bertz CT molecular complexity index is 401. The van der Waals surface area contributed by atoms with Crippen molar-refractivity contribution in [3.8, 4) is 0 Å². The van der Waals surface area contributed by atoms with Gasteiger partial charge in [0.25, 0.3) is 0 Å². The molecule has 0 aromatic carbocycles. The van der Waals surface area contributed by atoms with Crippen molar-refractivity contribution < 1.29 is 15.1 Å². The van der Waals surface area contributed by atoms with Gasteiger partial charge in [-0.2, -0.15) is 6.20 Å². The van der Waals surface area contributed by atoms with Crippen LogP contribution in [0.25, 0.3) is 21.3 Å². The summed E-state index contributed by atoms with van der Waals surface area (Å²) in [5.41, 5.74) is 22.9. The summed E-state index contributed by atoms with van der Waals surface area (Å²) in [6.07, 6.45) is 12.0. The zero-order valence-electron chi connectivity index (χ0n) is 18.3. The van der Waals surface area contributed by atoms with Gasteiger partial charge in [0.05, 0.1) is 0 Å². The third-order valence-electron chi connectivity index (χ3n) is 4.75. The monoisotopic (exact) mass is 565 g/mol. The molecule has 11 heteroatoms. The summed E-state index contributed by atoms with van der Waals surface area (Å²) in [7, 11) is 9.67. The van der Waals surface area contributed by atoms with Crippen molar-refractivity contribution in [3.63, 3.8) is 0 Å². The molecule has 0 aromatic rings. The Labute approximate surface area is 204 Å². The van der Waals surface area contributed by atoms with Crippen LogP contribution < -0.4 is 22.9 Å². The molecule has 0 unspecified atom stereocenters. The second kappa shape index (κ2) is 23.2. The number of rotatable bonds is 0. The van der Waals surface area contributed by atoms with Crippen molar-refractivity contribution in [1.82, 2.24) is 0 Å². The van der Waals surface area contributed by atoms with E-state index in [1.165, 1.54) is 0 Å². The van der Waals surface area contributed by atoms with E-state index in [-0.39, 0.29) is 15.1 Å².